The molecule has 1 aromatic heterocycles. The molecule has 2 aromatic rings. The van der Waals surface area contributed by atoms with Crippen LogP contribution in [0, 0.1) is 5.82 Å². The van der Waals surface area contributed by atoms with Crippen molar-refractivity contribution in [3.05, 3.63) is 35.3 Å². The van der Waals surface area contributed by atoms with Gasteiger partial charge in [0, 0.05) is 29.1 Å². The van der Waals surface area contributed by atoms with Gasteiger partial charge in [0.05, 0.1) is 0 Å². The number of nitrogens with one attached hydrogen (secondary N) is 1. The van der Waals surface area contributed by atoms with Crippen molar-refractivity contribution in [2.45, 2.75) is 25.2 Å². The summed E-state index contributed by atoms with van der Waals surface area (Å²) in [5, 5.41) is 1.04. The number of hydrogen-bond donors (Lipinski definition) is 2. The van der Waals surface area contributed by atoms with Crippen LogP contribution in [0.15, 0.2) is 18.2 Å². The minimum Gasteiger partial charge on any atom is -0.358 e. The quantitative estimate of drug-likeness (QED) is 0.759. The molecule has 0 radical (unpaired) electrons. The molecule has 0 saturated carbocycles. The molecule has 3 heteroatoms. The highest BCUT2D eigenvalue weighted by Crippen LogP contribution is 2.35. The van der Waals surface area contributed by atoms with Crippen LogP contribution in [-0.2, 0) is 6.42 Å². The number of hydrogen-bond acceptors (Lipinski definition) is 1. The first-order valence-electron chi connectivity index (χ1n) is 5.79. The molecule has 0 bridgehead atoms. The van der Waals surface area contributed by atoms with Gasteiger partial charge in [0.25, 0.3) is 0 Å². The highest BCUT2D eigenvalue weighted by atomic mass is 19.1. The standard InChI is InChI=1S/C13H15FN2/c14-9-4-5-12-11(6-9)10-3-1-2-8(7-15)13(10)16-12/h4-6,8,16H,1-3,7,15H2. The third kappa shape index (κ3) is 1.35. The van der Waals surface area contributed by atoms with E-state index in [-0.39, 0.29) is 5.82 Å². The van der Waals surface area contributed by atoms with E-state index in [1.165, 1.54) is 17.3 Å². The van der Waals surface area contributed by atoms with Gasteiger partial charge in [0.2, 0.25) is 0 Å². The number of rotatable bonds is 1. The Kier molecular flexibility index (Phi) is 2.21. The molecule has 2 nitrogen and oxygen atoms in total. The molecule has 0 spiro atoms. The van der Waals surface area contributed by atoms with Crippen molar-refractivity contribution in [2.75, 3.05) is 6.54 Å². The van der Waals surface area contributed by atoms with Crippen LogP contribution in [0.5, 0.6) is 0 Å². The monoisotopic (exact) mass is 218 g/mol. The lowest BCUT2D eigenvalue weighted by Crippen LogP contribution is -2.17. The van der Waals surface area contributed by atoms with E-state index in [1.54, 1.807) is 6.07 Å². The molecule has 0 fully saturated rings. The first-order valence-corrected chi connectivity index (χ1v) is 5.79. The van der Waals surface area contributed by atoms with E-state index >= 15 is 0 Å². The Balaban J connectivity index is 2.24. The Morgan fingerprint density at radius 3 is 3.12 bits per heavy atom. The van der Waals surface area contributed by atoms with E-state index < -0.39 is 0 Å². The van der Waals surface area contributed by atoms with Gasteiger partial charge in [0.1, 0.15) is 5.82 Å². The second kappa shape index (κ2) is 3.59. The lowest BCUT2D eigenvalue weighted by Gasteiger charge is -2.20. The van der Waals surface area contributed by atoms with Gasteiger partial charge in [-0.2, -0.15) is 0 Å². The van der Waals surface area contributed by atoms with Crippen LogP contribution < -0.4 is 5.73 Å². The van der Waals surface area contributed by atoms with Gasteiger partial charge in [-0.1, -0.05) is 0 Å². The summed E-state index contributed by atoms with van der Waals surface area (Å²) in [6.07, 6.45) is 3.33. The highest BCUT2D eigenvalue weighted by molar-refractivity contribution is 5.85. The van der Waals surface area contributed by atoms with Crippen LogP contribution in [0.1, 0.15) is 30.0 Å². The minimum absolute atomic E-state index is 0.163. The Hall–Kier alpha value is -1.35. The third-order valence-electron chi connectivity index (χ3n) is 3.57. The fourth-order valence-corrected chi connectivity index (χ4v) is 2.76. The van der Waals surface area contributed by atoms with E-state index in [9.17, 15) is 4.39 Å². The summed E-state index contributed by atoms with van der Waals surface area (Å²) < 4.78 is 13.2. The second-order valence-corrected chi connectivity index (χ2v) is 4.53. The Bertz CT molecular complexity index is 530. The maximum Gasteiger partial charge on any atom is 0.123 e. The first-order chi connectivity index (χ1) is 7.79. The van der Waals surface area contributed by atoms with Crippen LogP contribution in [0.2, 0.25) is 0 Å². The van der Waals surface area contributed by atoms with E-state index in [2.05, 4.69) is 4.98 Å². The predicted molar refractivity (Wildman–Crippen MR) is 63.0 cm³/mol. The van der Waals surface area contributed by atoms with Gasteiger partial charge < -0.3 is 10.7 Å². The summed E-state index contributed by atoms with van der Waals surface area (Å²) >= 11 is 0. The number of fused-ring (bicyclic) bond motifs is 3. The molecule has 1 aliphatic rings. The van der Waals surface area contributed by atoms with Crippen molar-refractivity contribution in [1.29, 1.82) is 0 Å². The number of aryl methyl sites for hydroxylation is 1. The summed E-state index contributed by atoms with van der Waals surface area (Å²) in [4.78, 5) is 3.40. The Morgan fingerprint density at radius 2 is 2.31 bits per heavy atom. The molecule has 0 saturated heterocycles. The number of halogens is 1. The average Bonchev–Trinajstić information content (AvgIpc) is 2.67. The zero-order valence-electron chi connectivity index (χ0n) is 9.09. The van der Waals surface area contributed by atoms with Gasteiger partial charge >= 0.3 is 0 Å². The van der Waals surface area contributed by atoms with E-state index in [0.717, 1.165) is 30.2 Å². The molecular formula is C13H15FN2. The average molecular weight is 218 g/mol. The Labute approximate surface area is 93.6 Å². The van der Waals surface area contributed by atoms with Crippen molar-refractivity contribution in [2.24, 2.45) is 5.73 Å². The normalized spacial score (nSPS) is 20.0. The van der Waals surface area contributed by atoms with E-state index in [4.69, 9.17) is 5.73 Å². The maximum absolute atomic E-state index is 13.2. The number of aromatic amines is 1. The molecule has 16 heavy (non-hydrogen) atoms. The van der Waals surface area contributed by atoms with Gasteiger partial charge in [-0.3, -0.25) is 0 Å². The van der Waals surface area contributed by atoms with Crippen molar-refractivity contribution in [1.82, 2.24) is 4.98 Å². The molecule has 1 aromatic carbocycles. The van der Waals surface area contributed by atoms with Gasteiger partial charge in [-0.25, -0.2) is 4.39 Å². The van der Waals surface area contributed by atoms with Crippen molar-refractivity contribution in [3.8, 4) is 0 Å². The Morgan fingerprint density at radius 1 is 1.44 bits per heavy atom. The van der Waals surface area contributed by atoms with Crippen LogP contribution in [0.25, 0.3) is 10.9 Å². The molecule has 1 aliphatic carbocycles. The summed E-state index contributed by atoms with van der Waals surface area (Å²) in [6, 6.07) is 4.95. The number of nitrogens with two attached hydrogens (primary N) is 1. The van der Waals surface area contributed by atoms with Crippen molar-refractivity contribution >= 4 is 10.9 Å². The predicted octanol–water partition coefficient (Wildman–Crippen LogP) is 2.69. The zero-order valence-corrected chi connectivity index (χ0v) is 9.09. The van der Waals surface area contributed by atoms with Crippen LogP contribution in [-0.4, -0.2) is 11.5 Å². The molecule has 3 rings (SSSR count). The lowest BCUT2D eigenvalue weighted by atomic mass is 9.87. The van der Waals surface area contributed by atoms with E-state index in [0.29, 0.717) is 12.5 Å². The number of H-pyrrole nitrogens is 1. The SMILES string of the molecule is NCC1CCCc2c1[nH]c1ccc(F)cc21. The molecule has 0 aliphatic heterocycles. The molecular weight excluding hydrogens is 203 g/mol. The highest BCUT2D eigenvalue weighted by Gasteiger charge is 2.23. The fraction of sp³-hybridized carbons (Fsp3) is 0.385. The van der Waals surface area contributed by atoms with Gasteiger partial charge in [0.15, 0.2) is 0 Å². The number of benzene rings is 1. The molecule has 0 amide bonds. The van der Waals surface area contributed by atoms with E-state index in [1.807, 2.05) is 6.07 Å². The van der Waals surface area contributed by atoms with Gasteiger partial charge in [-0.05, 0) is 43.0 Å². The van der Waals surface area contributed by atoms with Crippen LogP contribution >= 0.6 is 0 Å². The molecule has 1 heterocycles. The fourth-order valence-electron chi connectivity index (χ4n) is 2.76. The van der Waals surface area contributed by atoms with Gasteiger partial charge in [-0.15, -0.1) is 0 Å². The molecule has 84 valence electrons. The largest absolute Gasteiger partial charge is 0.358 e. The smallest absolute Gasteiger partial charge is 0.123 e. The summed E-state index contributed by atoms with van der Waals surface area (Å²) in [6.45, 7) is 0.669. The van der Waals surface area contributed by atoms with Crippen LogP contribution in [0.3, 0.4) is 0 Å². The minimum atomic E-state index is -0.163. The van der Waals surface area contributed by atoms with Crippen LogP contribution in [0.4, 0.5) is 4.39 Å². The van der Waals surface area contributed by atoms with Crippen molar-refractivity contribution in [3.63, 3.8) is 0 Å². The molecule has 1 unspecified atom stereocenters. The summed E-state index contributed by atoms with van der Waals surface area (Å²) in [5.41, 5.74) is 9.31. The number of aromatic nitrogens is 1. The van der Waals surface area contributed by atoms with Crippen molar-refractivity contribution < 1.29 is 4.39 Å². The second-order valence-electron chi connectivity index (χ2n) is 4.53. The topological polar surface area (TPSA) is 41.8 Å². The summed E-state index contributed by atoms with van der Waals surface area (Å²) in [5.74, 6) is 0.253. The zero-order chi connectivity index (χ0) is 11.1. The third-order valence-corrected chi connectivity index (χ3v) is 3.57. The molecule has 3 N–H and O–H groups in total. The lowest BCUT2D eigenvalue weighted by molar-refractivity contribution is 0.553. The first kappa shape index (κ1) is 9.85. The summed E-state index contributed by atoms with van der Waals surface area (Å²) in [7, 11) is 0. The maximum atomic E-state index is 13.2. The molecule has 1 atom stereocenters.